The fourth-order valence-corrected chi connectivity index (χ4v) is 6.57. The Balaban J connectivity index is 0.000000548. The third-order valence-electron chi connectivity index (χ3n) is 10.2. The van der Waals surface area contributed by atoms with Gasteiger partial charge in [0.05, 0.1) is 43.5 Å². The number of esters is 1. The quantitative estimate of drug-likeness (QED) is 0.0226. The number of nitrogens with one attached hydrogen (secondary N) is 4. The molecule has 0 radical (unpaired) electrons. The Hall–Kier alpha value is -8.51. The molecule has 0 aliphatic heterocycles. The molecule has 4 amide bonds. The third kappa shape index (κ3) is 22.8. The minimum Gasteiger partial charge on any atom is -0.870 e. The van der Waals surface area contributed by atoms with E-state index in [1.54, 1.807) is 5.32 Å². The smallest absolute Gasteiger partial charge is 0.870 e. The van der Waals surface area contributed by atoms with Gasteiger partial charge < -0.3 is 55.2 Å². The van der Waals surface area contributed by atoms with Crippen molar-refractivity contribution >= 4 is 46.9 Å². The Morgan fingerprint density at radius 2 is 1.04 bits per heavy atom. The predicted octanol–water partition coefficient (Wildman–Crippen LogP) is -1.97. The number of rotatable bonds is 21. The van der Waals surface area contributed by atoms with Crippen LogP contribution in [0, 0.1) is 11.6 Å². The number of hydrogen-bond donors (Lipinski definition) is 5. The van der Waals surface area contributed by atoms with Crippen molar-refractivity contribution in [1.29, 1.82) is 0 Å². The van der Waals surface area contributed by atoms with E-state index in [4.69, 9.17) is 5.11 Å². The summed E-state index contributed by atoms with van der Waals surface area (Å²) in [6.07, 6.45) is -9.02. The summed E-state index contributed by atoms with van der Waals surface area (Å²) in [5.41, 5.74) is -3.30. The van der Waals surface area contributed by atoms with E-state index in [0.717, 1.165) is 79.7 Å². The van der Waals surface area contributed by atoms with Gasteiger partial charge in [-0.2, -0.15) is 8.78 Å². The number of halogens is 10. The number of pyridine rings is 2. The van der Waals surface area contributed by atoms with E-state index in [2.05, 4.69) is 45.5 Å². The van der Waals surface area contributed by atoms with Crippen molar-refractivity contribution in [2.75, 3.05) is 17.2 Å². The third-order valence-corrected chi connectivity index (χ3v) is 10.2. The molecule has 2 aromatic carbocycles. The summed E-state index contributed by atoms with van der Waals surface area (Å²) in [6.45, 7) is -0.169. The topological polar surface area (TPSA) is 334 Å². The molecule has 0 bridgehead atoms. The molecule has 25 nitrogen and oxygen atoms in total. The Kier molecular flexibility index (Phi) is 27.4. The Bertz CT molecular complexity index is 3330. The Labute approximate surface area is 483 Å². The molecule has 0 fully saturated rings. The van der Waals surface area contributed by atoms with E-state index in [1.807, 2.05) is 5.32 Å². The zero-order valence-corrected chi connectivity index (χ0v) is 43.3. The van der Waals surface area contributed by atoms with Gasteiger partial charge in [-0.25, -0.2) is 27.7 Å². The van der Waals surface area contributed by atoms with E-state index in [-0.39, 0.29) is 113 Å². The molecule has 0 aliphatic rings. The number of anilines is 2. The van der Waals surface area contributed by atoms with Crippen molar-refractivity contribution < 1.29 is 135 Å². The van der Waals surface area contributed by atoms with Crippen LogP contribution in [0.2, 0.25) is 0 Å². The molecule has 6 rings (SSSR count). The molecule has 0 saturated carbocycles. The monoisotopic (exact) mass is 1180 g/mol. The number of amides is 4. The van der Waals surface area contributed by atoms with Crippen LogP contribution in [-0.2, 0) is 63.2 Å². The van der Waals surface area contributed by atoms with E-state index in [1.165, 1.54) is 31.2 Å². The number of aryl methyl sites for hydroxylation is 2. The minimum atomic E-state index is -4.87. The maximum Gasteiger partial charge on any atom is 1.00 e. The summed E-state index contributed by atoms with van der Waals surface area (Å²) in [7, 11) is 0. The van der Waals surface area contributed by atoms with Crippen LogP contribution >= 0.6 is 0 Å². The molecule has 6 N–H and O–H groups in total. The van der Waals surface area contributed by atoms with Crippen LogP contribution in [0.5, 0.6) is 11.5 Å². The molecule has 37 heteroatoms. The number of carboxylic acids is 1. The number of aromatic nitrogens is 8. The van der Waals surface area contributed by atoms with Gasteiger partial charge >= 0.3 is 74.2 Å². The molecule has 436 valence electrons. The van der Waals surface area contributed by atoms with Gasteiger partial charge in [0.1, 0.15) is 23.8 Å². The molecular formula is C46H43F10Li2N12O13+. The average molecular weight is 1180 g/mol. The second-order valence-electron chi connectivity index (χ2n) is 16.2. The second kappa shape index (κ2) is 32.2. The van der Waals surface area contributed by atoms with Crippen LogP contribution < -0.4 is 79.6 Å². The summed E-state index contributed by atoms with van der Waals surface area (Å²) in [6, 6.07) is 11.9. The maximum absolute atomic E-state index is 14.6. The summed E-state index contributed by atoms with van der Waals surface area (Å²) in [5.74, 6) is -11.1. The first kappa shape index (κ1) is 70.6. The first-order valence-corrected chi connectivity index (χ1v) is 22.8. The van der Waals surface area contributed by atoms with Gasteiger partial charge in [-0.1, -0.05) is 34.7 Å². The number of carboxylic acid groups (broad SMARTS) is 1. The number of benzene rings is 2. The molecule has 0 spiro atoms. The zero-order chi connectivity index (χ0) is 58.9. The van der Waals surface area contributed by atoms with Gasteiger partial charge in [0.25, 0.3) is 22.9 Å². The fraction of sp³-hybridized carbons (Fsp3) is 0.304. The summed E-state index contributed by atoms with van der Waals surface area (Å²) < 4.78 is 148. The molecule has 6 aromatic rings. The number of alkyl halides is 8. The van der Waals surface area contributed by atoms with Crippen molar-refractivity contribution in [1.82, 2.24) is 49.8 Å². The number of carbonyl (C=O) groups excluding carboxylic acids is 5. The van der Waals surface area contributed by atoms with Gasteiger partial charge in [0.15, 0.2) is 11.4 Å². The van der Waals surface area contributed by atoms with E-state index in [0.29, 0.717) is 11.1 Å². The molecule has 0 saturated heterocycles. The van der Waals surface area contributed by atoms with Crippen LogP contribution in [-0.4, -0.2) is 117 Å². The fourth-order valence-electron chi connectivity index (χ4n) is 6.57. The predicted molar refractivity (Wildman–Crippen MR) is 252 cm³/mol. The van der Waals surface area contributed by atoms with E-state index >= 15 is 0 Å². The van der Waals surface area contributed by atoms with Gasteiger partial charge in [0, 0.05) is 38.6 Å². The van der Waals surface area contributed by atoms with E-state index in [9.17, 15) is 82.3 Å². The number of aliphatic carboxylic acids is 1. The van der Waals surface area contributed by atoms with Crippen LogP contribution in [0.4, 0.5) is 55.3 Å². The number of nitrogens with zero attached hydrogens (tertiary/aromatic N) is 8. The molecule has 2 atom stereocenters. The minimum absolute atomic E-state index is 0. The molecule has 4 aromatic heterocycles. The van der Waals surface area contributed by atoms with Crippen LogP contribution in [0.3, 0.4) is 0 Å². The average Bonchev–Trinajstić information content (AvgIpc) is 4.08. The summed E-state index contributed by atoms with van der Waals surface area (Å²) in [5, 5.41) is 31.6. The van der Waals surface area contributed by atoms with Gasteiger partial charge in [-0.15, -0.1) is 36.5 Å². The molecule has 2 unspecified atom stereocenters. The number of carbonyl (C=O) groups is 6. The first-order valence-electron chi connectivity index (χ1n) is 22.8. The van der Waals surface area contributed by atoms with Crippen LogP contribution in [0.1, 0.15) is 51.9 Å². The molecule has 4 heterocycles. The van der Waals surface area contributed by atoms with Crippen molar-refractivity contribution in [2.45, 2.75) is 84.1 Å². The van der Waals surface area contributed by atoms with Crippen LogP contribution in [0.25, 0.3) is 0 Å². The van der Waals surface area contributed by atoms with Crippen molar-refractivity contribution in [3.63, 3.8) is 0 Å². The normalized spacial score (nSPS) is 11.6. The van der Waals surface area contributed by atoms with Crippen molar-refractivity contribution in [2.24, 2.45) is 0 Å². The van der Waals surface area contributed by atoms with Crippen molar-refractivity contribution in [3.8, 4) is 11.5 Å². The summed E-state index contributed by atoms with van der Waals surface area (Å²) in [4.78, 5) is 93.6. The number of ether oxygens (including phenoxy) is 3. The molecular weight excluding hydrogens is 1130 g/mol. The first-order chi connectivity index (χ1) is 37.7. The van der Waals surface area contributed by atoms with Crippen LogP contribution in [0.15, 0.2) is 95.0 Å². The summed E-state index contributed by atoms with van der Waals surface area (Å²) >= 11 is 0. The number of hydrogen-bond acceptors (Lipinski definition) is 16. The maximum atomic E-state index is 14.6. The Morgan fingerprint density at radius 1 is 0.639 bits per heavy atom. The van der Waals surface area contributed by atoms with Crippen molar-refractivity contribution in [3.05, 3.63) is 140 Å². The Morgan fingerprint density at radius 3 is 1.41 bits per heavy atom. The SMILES string of the molecule is CCOC(=O)C(=O)Nc1ccn(CCC(F)Cn2cc(C(=O)NCc3cccc(OC(F)(F)F)c3)nn2)c(=O)c1F.O=C(O)C(=O)Nc1ccn(CCC(F)Cn2cc(C(=O)NCc3cccc(OC(F)(F)F)c3)nn2)c(=O)c1F.[Li+].[Li+].[OH-]. The van der Waals surface area contributed by atoms with Gasteiger partial charge in [0.2, 0.25) is 11.6 Å². The van der Waals surface area contributed by atoms with E-state index < -0.39 is 106 Å². The molecule has 83 heavy (non-hydrogen) atoms. The van der Waals surface area contributed by atoms with Gasteiger partial charge in [-0.3, -0.25) is 28.8 Å². The molecule has 0 aliphatic carbocycles. The second-order valence-corrected chi connectivity index (χ2v) is 16.2. The standard InChI is InChI=1S/C24H23F5N6O6.C22H19F5N6O6.2Li.H2O/c1-2-40-23(39)21(37)31-17-7-9-34(22(38)19(17)26)8-6-15(25)12-35-13-18(32-33-35)20(36)30-11-14-4-3-5-16(10-14)41-24(27,28)29;23-13(4-6-32-7-5-15(17(24)20(32)36)29-19(35)21(37)38)10-33-11-16(30-31-33)18(34)28-9-12-2-1-3-14(8-12)39-22(25,26)27;;;/h3-5,7,9-10,13,15H,2,6,8,11-12H2,1H3,(H,30,36)(H,31,37);1-3,5,7-8,11,13H,4,6,9-10H2,(H,28,34)(H,29,35)(H,37,38);;;1H2/q;;2*+1;/p-1. The van der Waals surface area contributed by atoms with Gasteiger partial charge in [-0.05, 0) is 67.3 Å². The zero-order valence-electron chi connectivity index (χ0n) is 43.3. The largest absolute Gasteiger partial charge is 1.00 e.